The fourth-order valence-corrected chi connectivity index (χ4v) is 2.18. The molecule has 0 aromatic heterocycles. The number of carbonyl (C=O) groups is 2. The Morgan fingerprint density at radius 3 is 2.42 bits per heavy atom. The second-order valence-electron chi connectivity index (χ2n) is 5.93. The van der Waals surface area contributed by atoms with Gasteiger partial charge in [-0.15, -0.1) is 0 Å². The van der Waals surface area contributed by atoms with E-state index in [0.29, 0.717) is 6.42 Å². The minimum Gasteiger partial charge on any atom is -0.394 e. The van der Waals surface area contributed by atoms with E-state index >= 15 is 0 Å². The number of rotatable bonds is 6. The molecule has 0 aliphatic heterocycles. The van der Waals surface area contributed by atoms with Gasteiger partial charge in [0.25, 0.3) is 0 Å². The number of halogens is 3. The minimum atomic E-state index is -4.36. The molecule has 3 N–H and O–H groups in total. The molecule has 1 aromatic rings. The van der Waals surface area contributed by atoms with Gasteiger partial charge < -0.3 is 15.7 Å². The third kappa shape index (κ3) is 7.45. The smallest absolute Gasteiger partial charge is 0.393 e. The fourth-order valence-electron chi connectivity index (χ4n) is 2.18. The van der Waals surface area contributed by atoms with Crippen molar-refractivity contribution in [2.75, 3.05) is 11.9 Å². The van der Waals surface area contributed by atoms with Gasteiger partial charge in [-0.05, 0) is 30.0 Å². The van der Waals surface area contributed by atoms with Gasteiger partial charge in [0, 0.05) is 5.69 Å². The first-order chi connectivity index (χ1) is 11.1. The molecule has 0 saturated carbocycles. The number of aliphatic hydroxyl groups is 1. The number of aliphatic hydroxyl groups excluding tert-OH is 1. The van der Waals surface area contributed by atoms with E-state index in [9.17, 15) is 27.9 Å². The molecule has 5 nitrogen and oxygen atoms in total. The average molecular weight is 346 g/mol. The van der Waals surface area contributed by atoms with Gasteiger partial charge in [0.15, 0.2) is 0 Å². The highest BCUT2D eigenvalue weighted by atomic mass is 19.4. The van der Waals surface area contributed by atoms with Gasteiger partial charge in [-0.3, -0.25) is 9.59 Å². The first-order valence-electron chi connectivity index (χ1n) is 7.49. The Balaban J connectivity index is 2.66. The maximum Gasteiger partial charge on any atom is 0.393 e. The molecular weight excluding hydrogens is 325 g/mol. The van der Waals surface area contributed by atoms with Crippen LogP contribution in [0.3, 0.4) is 0 Å². The zero-order valence-electron chi connectivity index (χ0n) is 13.5. The second-order valence-corrected chi connectivity index (χ2v) is 5.93. The van der Waals surface area contributed by atoms with Crippen molar-refractivity contribution in [3.8, 4) is 0 Å². The Bertz CT molecular complexity index is 574. The molecule has 0 aliphatic rings. The van der Waals surface area contributed by atoms with Crippen molar-refractivity contribution in [3.63, 3.8) is 0 Å². The highest BCUT2D eigenvalue weighted by molar-refractivity contribution is 6.39. The lowest BCUT2D eigenvalue weighted by Gasteiger charge is -2.18. The lowest BCUT2D eigenvalue weighted by molar-refractivity contribution is -0.136. The van der Waals surface area contributed by atoms with Gasteiger partial charge in [-0.2, -0.15) is 13.2 Å². The predicted octanol–water partition coefficient (Wildman–Crippen LogP) is 2.25. The van der Waals surface area contributed by atoms with Crippen molar-refractivity contribution in [1.29, 1.82) is 0 Å². The topological polar surface area (TPSA) is 78.4 Å². The largest absolute Gasteiger partial charge is 0.394 e. The summed E-state index contributed by atoms with van der Waals surface area (Å²) in [5, 5.41) is 13.8. The van der Waals surface area contributed by atoms with Crippen molar-refractivity contribution >= 4 is 17.5 Å². The fraction of sp³-hybridized carbons (Fsp3) is 0.500. The van der Waals surface area contributed by atoms with Crippen LogP contribution in [0.25, 0.3) is 0 Å². The molecule has 1 aromatic carbocycles. The molecule has 0 fully saturated rings. The number of hydrogen-bond donors (Lipinski definition) is 3. The number of alkyl halides is 3. The number of benzene rings is 1. The zero-order chi connectivity index (χ0) is 18.3. The molecule has 0 heterocycles. The minimum absolute atomic E-state index is 0.0197. The van der Waals surface area contributed by atoms with Crippen LogP contribution in [0.1, 0.15) is 25.8 Å². The Labute approximate surface area is 138 Å². The zero-order valence-corrected chi connectivity index (χ0v) is 13.5. The molecular formula is C16H21F3N2O3. The van der Waals surface area contributed by atoms with E-state index in [-0.39, 0.29) is 23.8 Å². The van der Waals surface area contributed by atoms with Crippen LogP contribution < -0.4 is 10.6 Å². The van der Waals surface area contributed by atoms with Gasteiger partial charge in [-0.1, -0.05) is 26.0 Å². The van der Waals surface area contributed by atoms with Crippen molar-refractivity contribution < 1.29 is 27.9 Å². The van der Waals surface area contributed by atoms with Crippen molar-refractivity contribution in [2.45, 2.75) is 38.9 Å². The van der Waals surface area contributed by atoms with Crippen LogP contribution in [0, 0.1) is 5.92 Å². The van der Waals surface area contributed by atoms with E-state index in [4.69, 9.17) is 0 Å². The summed E-state index contributed by atoms with van der Waals surface area (Å²) in [5.41, 5.74) is 0.0788. The van der Waals surface area contributed by atoms with Gasteiger partial charge in [0.05, 0.1) is 19.1 Å². The lowest BCUT2D eigenvalue weighted by atomic mass is 10.0. The van der Waals surface area contributed by atoms with Gasteiger partial charge in [0.1, 0.15) is 0 Å². The van der Waals surface area contributed by atoms with Crippen molar-refractivity contribution in [1.82, 2.24) is 5.32 Å². The van der Waals surface area contributed by atoms with E-state index in [1.807, 2.05) is 13.8 Å². The van der Waals surface area contributed by atoms with Crippen LogP contribution in [0.4, 0.5) is 18.9 Å². The number of nitrogens with one attached hydrogen (secondary N) is 2. The molecule has 0 aliphatic carbocycles. The van der Waals surface area contributed by atoms with Crippen LogP contribution in [-0.4, -0.2) is 35.7 Å². The highest BCUT2D eigenvalue weighted by Gasteiger charge is 2.27. The molecule has 0 spiro atoms. The summed E-state index contributed by atoms with van der Waals surface area (Å²) >= 11 is 0. The van der Waals surface area contributed by atoms with E-state index in [1.54, 1.807) is 0 Å². The molecule has 2 amide bonds. The number of amides is 2. The third-order valence-electron chi connectivity index (χ3n) is 3.11. The molecule has 1 atom stereocenters. The average Bonchev–Trinajstić information content (AvgIpc) is 2.44. The summed E-state index contributed by atoms with van der Waals surface area (Å²) in [6, 6.07) is 4.65. The van der Waals surface area contributed by atoms with Gasteiger partial charge >= 0.3 is 18.0 Å². The summed E-state index contributed by atoms with van der Waals surface area (Å²) in [7, 11) is 0. The van der Waals surface area contributed by atoms with Crippen LogP contribution >= 0.6 is 0 Å². The van der Waals surface area contributed by atoms with E-state index in [0.717, 1.165) is 6.07 Å². The summed E-state index contributed by atoms with van der Waals surface area (Å²) in [5.74, 6) is -1.73. The molecule has 1 unspecified atom stereocenters. The molecule has 0 saturated heterocycles. The summed E-state index contributed by atoms with van der Waals surface area (Å²) < 4.78 is 37.1. The highest BCUT2D eigenvalue weighted by Crippen LogP contribution is 2.22. The van der Waals surface area contributed by atoms with E-state index < -0.39 is 30.5 Å². The van der Waals surface area contributed by atoms with Crippen LogP contribution in [-0.2, 0) is 16.0 Å². The van der Waals surface area contributed by atoms with E-state index in [1.165, 1.54) is 18.2 Å². The van der Waals surface area contributed by atoms with Crippen LogP contribution in [0.2, 0.25) is 0 Å². The quantitative estimate of drug-likeness (QED) is 0.692. The lowest BCUT2D eigenvalue weighted by Crippen LogP contribution is -2.44. The summed E-state index contributed by atoms with van der Waals surface area (Å²) in [4.78, 5) is 23.6. The summed E-state index contributed by atoms with van der Waals surface area (Å²) in [6.45, 7) is 3.50. The maximum absolute atomic E-state index is 12.4. The summed E-state index contributed by atoms with van der Waals surface area (Å²) in [6.07, 6.45) is -4.98. The van der Waals surface area contributed by atoms with Crippen molar-refractivity contribution in [2.24, 2.45) is 5.92 Å². The molecule has 8 heteroatoms. The van der Waals surface area contributed by atoms with E-state index in [2.05, 4.69) is 10.6 Å². The van der Waals surface area contributed by atoms with Crippen LogP contribution in [0.5, 0.6) is 0 Å². The number of anilines is 1. The molecule has 0 radical (unpaired) electrons. The Morgan fingerprint density at radius 1 is 1.21 bits per heavy atom. The Kier molecular flexibility index (Phi) is 7.21. The third-order valence-corrected chi connectivity index (χ3v) is 3.11. The SMILES string of the molecule is CC(C)CC(CO)NC(=O)C(=O)Nc1cccc(CC(F)(F)F)c1. The first-order valence-corrected chi connectivity index (χ1v) is 7.49. The second kappa shape index (κ2) is 8.68. The maximum atomic E-state index is 12.4. The standard InChI is InChI=1S/C16H21F3N2O3/c1-10(2)6-13(9-22)21-15(24)14(23)20-12-5-3-4-11(7-12)8-16(17,18)19/h3-5,7,10,13,22H,6,8-9H2,1-2H3,(H,20,23)(H,21,24). The van der Waals surface area contributed by atoms with Crippen LogP contribution in [0.15, 0.2) is 24.3 Å². The molecule has 1 rings (SSSR count). The number of carbonyl (C=O) groups excluding carboxylic acids is 2. The molecule has 134 valence electrons. The monoisotopic (exact) mass is 346 g/mol. The normalized spacial score (nSPS) is 12.8. The van der Waals surface area contributed by atoms with Crippen molar-refractivity contribution in [3.05, 3.63) is 29.8 Å². The first kappa shape index (κ1) is 20.0. The number of hydrogen-bond acceptors (Lipinski definition) is 3. The van der Waals surface area contributed by atoms with Gasteiger partial charge in [-0.25, -0.2) is 0 Å². The Hall–Kier alpha value is -2.09. The molecule has 24 heavy (non-hydrogen) atoms. The van der Waals surface area contributed by atoms with Gasteiger partial charge in [0.2, 0.25) is 0 Å². The Morgan fingerprint density at radius 2 is 1.88 bits per heavy atom. The predicted molar refractivity (Wildman–Crippen MR) is 83.3 cm³/mol. The molecule has 0 bridgehead atoms.